The van der Waals surface area contributed by atoms with Gasteiger partial charge in [0.1, 0.15) is 0 Å². The SMILES string of the molecule is CCCCN=C(NCC)NCCc1c[nH]c2ccccc12.I. The van der Waals surface area contributed by atoms with Gasteiger partial charge >= 0.3 is 0 Å². The van der Waals surface area contributed by atoms with Crippen molar-refractivity contribution in [3.8, 4) is 0 Å². The zero-order valence-electron chi connectivity index (χ0n) is 13.5. The van der Waals surface area contributed by atoms with Crippen molar-refractivity contribution in [1.82, 2.24) is 15.6 Å². The molecule has 4 nitrogen and oxygen atoms in total. The van der Waals surface area contributed by atoms with Gasteiger partial charge in [0.15, 0.2) is 5.96 Å². The monoisotopic (exact) mass is 414 g/mol. The summed E-state index contributed by atoms with van der Waals surface area (Å²) in [7, 11) is 0. The molecule has 0 bridgehead atoms. The number of aromatic nitrogens is 1. The second-order valence-corrected chi connectivity index (χ2v) is 5.15. The number of guanidine groups is 1. The van der Waals surface area contributed by atoms with Crippen LogP contribution in [-0.4, -0.2) is 30.6 Å². The lowest BCUT2D eigenvalue weighted by Crippen LogP contribution is -2.38. The first-order chi connectivity index (χ1) is 10.3. The number of H-pyrrole nitrogens is 1. The number of para-hydroxylation sites is 1. The van der Waals surface area contributed by atoms with Crippen LogP contribution in [0.15, 0.2) is 35.5 Å². The third kappa shape index (κ3) is 5.51. The highest BCUT2D eigenvalue weighted by Gasteiger charge is 2.03. The van der Waals surface area contributed by atoms with Crippen molar-refractivity contribution in [2.75, 3.05) is 19.6 Å². The molecule has 0 aliphatic carbocycles. The molecule has 0 radical (unpaired) electrons. The van der Waals surface area contributed by atoms with Crippen LogP contribution in [0.1, 0.15) is 32.3 Å². The van der Waals surface area contributed by atoms with Crippen LogP contribution in [0.3, 0.4) is 0 Å². The van der Waals surface area contributed by atoms with Gasteiger partial charge in [0, 0.05) is 36.7 Å². The van der Waals surface area contributed by atoms with Crippen molar-refractivity contribution in [1.29, 1.82) is 0 Å². The van der Waals surface area contributed by atoms with Gasteiger partial charge in [0.05, 0.1) is 0 Å². The highest BCUT2D eigenvalue weighted by atomic mass is 127. The van der Waals surface area contributed by atoms with Crippen molar-refractivity contribution in [3.05, 3.63) is 36.0 Å². The van der Waals surface area contributed by atoms with E-state index >= 15 is 0 Å². The summed E-state index contributed by atoms with van der Waals surface area (Å²) >= 11 is 0. The lowest BCUT2D eigenvalue weighted by atomic mass is 10.1. The van der Waals surface area contributed by atoms with Gasteiger partial charge in [-0.1, -0.05) is 31.5 Å². The Bertz CT molecular complexity index is 577. The van der Waals surface area contributed by atoms with Gasteiger partial charge in [-0.2, -0.15) is 0 Å². The topological polar surface area (TPSA) is 52.2 Å². The minimum absolute atomic E-state index is 0. The second-order valence-electron chi connectivity index (χ2n) is 5.15. The van der Waals surface area contributed by atoms with Crippen LogP contribution in [0.5, 0.6) is 0 Å². The fraction of sp³-hybridized carbons (Fsp3) is 0.471. The summed E-state index contributed by atoms with van der Waals surface area (Å²) in [5.74, 6) is 0.922. The normalized spacial score (nSPS) is 11.3. The van der Waals surface area contributed by atoms with E-state index in [1.165, 1.54) is 22.9 Å². The highest BCUT2D eigenvalue weighted by Crippen LogP contribution is 2.17. The van der Waals surface area contributed by atoms with Crippen molar-refractivity contribution in [2.24, 2.45) is 4.99 Å². The predicted molar refractivity (Wildman–Crippen MR) is 106 cm³/mol. The number of benzene rings is 1. The number of nitrogens with zero attached hydrogens (tertiary/aromatic N) is 1. The van der Waals surface area contributed by atoms with Gasteiger partial charge < -0.3 is 15.6 Å². The van der Waals surface area contributed by atoms with Crippen molar-refractivity contribution in [3.63, 3.8) is 0 Å². The lowest BCUT2D eigenvalue weighted by molar-refractivity contribution is 0.768. The van der Waals surface area contributed by atoms with Crippen LogP contribution in [0.25, 0.3) is 10.9 Å². The number of nitrogens with one attached hydrogen (secondary N) is 3. The fourth-order valence-electron chi connectivity index (χ4n) is 2.34. The highest BCUT2D eigenvalue weighted by molar-refractivity contribution is 14.0. The summed E-state index contributed by atoms with van der Waals surface area (Å²) in [5, 5.41) is 8.01. The Labute approximate surface area is 150 Å². The van der Waals surface area contributed by atoms with Gasteiger partial charge in [-0.25, -0.2) is 0 Å². The molecule has 1 heterocycles. The summed E-state index contributed by atoms with van der Waals surface area (Å²) in [6.45, 7) is 6.95. The number of hydrogen-bond acceptors (Lipinski definition) is 1. The summed E-state index contributed by atoms with van der Waals surface area (Å²) < 4.78 is 0. The molecular weight excluding hydrogens is 387 g/mol. The van der Waals surface area contributed by atoms with E-state index in [4.69, 9.17) is 0 Å². The Balaban J connectivity index is 0.00000242. The average Bonchev–Trinajstić information content (AvgIpc) is 2.91. The van der Waals surface area contributed by atoms with Crippen LogP contribution in [0.4, 0.5) is 0 Å². The standard InChI is InChI=1S/C17H26N4.HI/c1-3-5-11-19-17(18-4-2)20-12-10-14-13-21-16-9-7-6-8-15(14)16;/h6-9,13,21H,3-5,10-12H2,1-2H3,(H2,18,19,20);1H. The fourth-order valence-corrected chi connectivity index (χ4v) is 2.34. The largest absolute Gasteiger partial charge is 0.361 e. The molecule has 0 atom stereocenters. The third-order valence-electron chi connectivity index (χ3n) is 3.49. The number of rotatable bonds is 7. The molecule has 122 valence electrons. The molecule has 0 saturated heterocycles. The van der Waals surface area contributed by atoms with Gasteiger partial charge in [-0.3, -0.25) is 4.99 Å². The molecule has 5 heteroatoms. The predicted octanol–water partition coefficient (Wildman–Crippen LogP) is 3.68. The average molecular weight is 414 g/mol. The first-order valence-electron chi connectivity index (χ1n) is 7.92. The van der Waals surface area contributed by atoms with Crippen molar-refractivity contribution in [2.45, 2.75) is 33.1 Å². The van der Waals surface area contributed by atoms with Gasteiger partial charge in [0.25, 0.3) is 0 Å². The molecule has 0 unspecified atom stereocenters. The molecule has 0 saturated carbocycles. The number of hydrogen-bond donors (Lipinski definition) is 3. The van der Waals surface area contributed by atoms with Gasteiger partial charge in [0.2, 0.25) is 0 Å². The smallest absolute Gasteiger partial charge is 0.191 e. The maximum atomic E-state index is 4.57. The van der Waals surface area contributed by atoms with Crippen molar-refractivity contribution < 1.29 is 0 Å². The summed E-state index contributed by atoms with van der Waals surface area (Å²) in [5.41, 5.74) is 2.55. The van der Waals surface area contributed by atoms with Crippen LogP contribution in [-0.2, 0) is 6.42 Å². The third-order valence-corrected chi connectivity index (χ3v) is 3.49. The van der Waals surface area contributed by atoms with E-state index < -0.39 is 0 Å². The Morgan fingerprint density at radius 1 is 1.18 bits per heavy atom. The molecule has 22 heavy (non-hydrogen) atoms. The van der Waals surface area contributed by atoms with E-state index in [9.17, 15) is 0 Å². The molecule has 0 spiro atoms. The van der Waals surface area contributed by atoms with Crippen LogP contribution < -0.4 is 10.6 Å². The number of unbranched alkanes of at least 4 members (excludes halogenated alkanes) is 1. The van der Waals surface area contributed by atoms with Crippen LogP contribution >= 0.6 is 24.0 Å². The minimum Gasteiger partial charge on any atom is -0.361 e. The molecule has 0 aliphatic heterocycles. The zero-order valence-corrected chi connectivity index (χ0v) is 15.8. The van der Waals surface area contributed by atoms with E-state index in [1.807, 2.05) is 0 Å². The second kappa shape index (κ2) is 10.5. The minimum atomic E-state index is 0. The van der Waals surface area contributed by atoms with E-state index in [2.05, 4.69) is 64.9 Å². The number of halogens is 1. The van der Waals surface area contributed by atoms with Gasteiger partial charge in [-0.05, 0) is 31.4 Å². The van der Waals surface area contributed by atoms with E-state index in [0.29, 0.717) is 0 Å². The van der Waals surface area contributed by atoms with E-state index in [0.717, 1.165) is 38.4 Å². The van der Waals surface area contributed by atoms with Gasteiger partial charge in [-0.15, -0.1) is 24.0 Å². The molecule has 0 fully saturated rings. The number of aromatic amines is 1. The molecule has 0 aliphatic rings. The quantitative estimate of drug-likeness (QED) is 0.280. The number of fused-ring (bicyclic) bond motifs is 1. The maximum absolute atomic E-state index is 4.57. The Morgan fingerprint density at radius 2 is 2.00 bits per heavy atom. The van der Waals surface area contributed by atoms with E-state index in [-0.39, 0.29) is 24.0 Å². The maximum Gasteiger partial charge on any atom is 0.191 e. The first kappa shape index (κ1) is 18.8. The Hall–Kier alpha value is -1.24. The van der Waals surface area contributed by atoms with E-state index in [1.54, 1.807) is 0 Å². The first-order valence-corrected chi connectivity index (χ1v) is 7.92. The molecule has 1 aromatic heterocycles. The molecule has 0 amide bonds. The van der Waals surface area contributed by atoms with Crippen LogP contribution in [0, 0.1) is 0 Å². The molecule has 2 rings (SSSR count). The molecular formula is C17H27IN4. The van der Waals surface area contributed by atoms with Crippen molar-refractivity contribution >= 4 is 40.8 Å². The summed E-state index contributed by atoms with van der Waals surface area (Å²) in [6, 6.07) is 8.43. The molecule has 2 aromatic rings. The molecule has 1 aromatic carbocycles. The zero-order chi connectivity index (χ0) is 14.9. The molecule has 3 N–H and O–H groups in total. The number of aliphatic imine (C=N–C) groups is 1. The lowest BCUT2D eigenvalue weighted by Gasteiger charge is -2.10. The summed E-state index contributed by atoms with van der Waals surface area (Å²) in [6.07, 6.45) is 5.41. The van der Waals surface area contributed by atoms with Crippen LogP contribution in [0.2, 0.25) is 0 Å². The Kier molecular flexibility index (Phi) is 8.96. The summed E-state index contributed by atoms with van der Waals surface area (Å²) in [4.78, 5) is 7.89. The Morgan fingerprint density at radius 3 is 2.77 bits per heavy atom.